The monoisotopic (exact) mass is 197 g/mol. The molecule has 0 aliphatic carbocycles. The standard InChI is InChI=1S/C11H19NO2/c1-5-14-11(13)10(4)12-8(2)6-7-9(12)3/h6-10H,5H2,1-4H3. The lowest BCUT2D eigenvalue weighted by Gasteiger charge is -2.30. The van der Waals surface area contributed by atoms with Crippen LogP contribution in [0.4, 0.5) is 0 Å². The summed E-state index contributed by atoms with van der Waals surface area (Å²) in [6.07, 6.45) is 4.25. The van der Waals surface area contributed by atoms with Gasteiger partial charge in [-0.2, -0.15) is 0 Å². The van der Waals surface area contributed by atoms with Crippen LogP contribution in [0.2, 0.25) is 0 Å². The molecule has 0 aromatic heterocycles. The first kappa shape index (κ1) is 11.2. The Morgan fingerprint density at radius 3 is 2.36 bits per heavy atom. The Hall–Kier alpha value is -0.830. The zero-order valence-corrected chi connectivity index (χ0v) is 9.36. The minimum Gasteiger partial charge on any atom is -0.465 e. The maximum atomic E-state index is 11.5. The molecule has 0 N–H and O–H groups in total. The predicted molar refractivity (Wildman–Crippen MR) is 56.0 cm³/mol. The van der Waals surface area contributed by atoms with E-state index in [1.165, 1.54) is 0 Å². The molecule has 1 heterocycles. The van der Waals surface area contributed by atoms with Crippen LogP contribution in [-0.2, 0) is 9.53 Å². The van der Waals surface area contributed by atoms with Crippen LogP contribution in [0.15, 0.2) is 12.2 Å². The zero-order valence-electron chi connectivity index (χ0n) is 9.36. The van der Waals surface area contributed by atoms with Gasteiger partial charge in [-0.05, 0) is 27.7 Å². The van der Waals surface area contributed by atoms with E-state index in [4.69, 9.17) is 4.74 Å². The summed E-state index contributed by atoms with van der Waals surface area (Å²) in [5.41, 5.74) is 0. The molecule has 3 unspecified atom stereocenters. The molecule has 1 aliphatic rings. The highest BCUT2D eigenvalue weighted by Crippen LogP contribution is 2.19. The first-order chi connectivity index (χ1) is 6.57. The van der Waals surface area contributed by atoms with Gasteiger partial charge in [0.2, 0.25) is 0 Å². The van der Waals surface area contributed by atoms with Crippen molar-refractivity contribution in [2.45, 2.75) is 45.8 Å². The molecule has 3 nitrogen and oxygen atoms in total. The molecule has 0 saturated carbocycles. The third-order valence-corrected chi connectivity index (χ3v) is 2.68. The Balaban J connectivity index is 2.60. The quantitative estimate of drug-likeness (QED) is 0.508. The SMILES string of the molecule is CCOC(=O)C(C)N1C(C)C=CC1C. The van der Waals surface area contributed by atoms with Gasteiger partial charge in [0.1, 0.15) is 6.04 Å². The first-order valence-corrected chi connectivity index (χ1v) is 5.20. The molecule has 0 aromatic carbocycles. The summed E-state index contributed by atoms with van der Waals surface area (Å²) >= 11 is 0. The summed E-state index contributed by atoms with van der Waals surface area (Å²) in [6, 6.07) is 0.490. The van der Waals surface area contributed by atoms with Crippen molar-refractivity contribution in [1.82, 2.24) is 4.90 Å². The summed E-state index contributed by atoms with van der Waals surface area (Å²) in [4.78, 5) is 13.7. The number of ether oxygens (including phenoxy) is 1. The highest BCUT2D eigenvalue weighted by atomic mass is 16.5. The molecule has 80 valence electrons. The van der Waals surface area contributed by atoms with Crippen molar-refractivity contribution >= 4 is 5.97 Å². The molecule has 0 radical (unpaired) electrons. The van der Waals surface area contributed by atoms with Crippen LogP contribution < -0.4 is 0 Å². The van der Waals surface area contributed by atoms with E-state index in [1.54, 1.807) is 0 Å². The van der Waals surface area contributed by atoms with Gasteiger partial charge in [0, 0.05) is 12.1 Å². The first-order valence-electron chi connectivity index (χ1n) is 5.20. The summed E-state index contributed by atoms with van der Waals surface area (Å²) in [5.74, 6) is -0.130. The third kappa shape index (κ3) is 2.15. The van der Waals surface area contributed by atoms with E-state index in [1.807, 2.05) is 13.8 Å². The number of nitrogens with zero attached hydrogens (tertiary/aromatic N) is 1. The van der Waals surface area contributed by atoms with Gasteiger partial charge in [-0.1, -0.05) is 12.2 Å². The van der Waals surface area contributed by atoms with Crippen molar-refractivity contribution in [2.75, 3.05) is 6.61 Å². The number of rotatable bonds is 3. The van der Waals surface area contributed by atoms with Gasteiger partial charge in [0.05, 0.1) is 6.61 Å². The smallest absolute Gasteiger partial charge is 0.323 e. The van der Waals surface area contributed by atoms with Crippen LogP contribution >= 0.6 is 0 Å². The second kappa shape index (κ2) is 4.60. The highest BCUT2D eigenvalue weighted by Gasteiger charge is 2.31. The maximum absolute atomic E-state index is 11.5. The normalized spacial score (nSPS) is 29.1. The van der Waals surface area contributed by atoms with Gasteiger partial charge in [-0.25, -0.2) is 0 Å². The molecule has 0 spiro atoms. The van der Waals surface area contributed by atoms with Gasteiger partial charge in [0.25, 0.3) is 0 Å². The van der Waals surface area contributed by atoms with E-state index in [0.717, 1.165) is 0 Å². The van der Waals surface area contributed by atoms with Crippen molar-refractivity contribution in [2.24, 2.45) is 0 Å². The van der Waals surface area contributed by atoms with Crippen LogP contribution in [0, 0.1) is 0 Å². The van der Waals surface area contributed by atoms with E-state index in [9.17, 15) is 4.79 Å². The summed E-state index contributed by atoms with van der Waals surface area (Å²) in [5, 5.41) is 0. The van der Waals surface area contributed by atoms with Crippen LogP contribution in [0.1, 0.15) is 27.7 Å². The molecule has 0 saturated heterocycles. The molecule has 3 heteroatoms. The lowest BCUT2D eigenvalue weighted by molar-refractivity contribution is -0.149. The minimum absolute atomic E-state index is 0.130. The number of hydrogen-bond acceptors (Lipinski definition) is 3. The van der Waals surface area contributed by atoms with Gasteiger partial charge in [-0.3, -0.25) is 9.69 Å². The van der Waals surface area contributed by atoms with Crippen molar-refractivity contribution in [3.05, 3.63) is 12.2 Å². The topological polar surface area (TPSA) is 29.5 Å². The van der Waals surface area contributed by atoms with Gasteiger partial charge < -0.3 is 4.74 Å². The highest BCUT2D eigenvalue weighted by molar-refractivity contribution is 5.75. The van der Waals surface area contributed by atoms with Crippen LogP contribution in [0.3, 0.4) is 0 Å². The fraction of sp³-hybridized carbons (Fsp3) is 0.727. The van der Waals surface area contributed by atoms with E-state index >= 15 is 0 Å². The van der Waals surface area contributed by atoms with Crippen molar-refractivity contribution in [3.8, 4) is 0 Å². The molecular formula is C11H19NO2. The average molecular weight is 197 g/mol. The summed E-state index contributed by atoms with van der Waals surface area (Å²) in [7, 11) is 0. The summed E-state index contributed by atoms with van der Waals surface area (Å²) < 4.78 is 5.00. The Morgan fingerprint density at radius 2 is 1.93 bits per heavy atom. The largest absolute Gasteiger partial charge is 0.465 e. The van der Waals surface area contributed by atoms with E-state index in [-0.39, 0.29) is 12.0 Å². The second-order valence-electron chi connectivity index (χ2n) is 3.74. The number of carbonyl (C=O) groups excluding carboxylic acids is 1. The van der Waals surface area contributed by atoms with E-state index in [2.05, 4.69) is 30.9 Å². The third-order valence-electron chi connectivity index (χ3n) is 2.68. The minimum atomic E-state index is -0.157. The molecule has 3 atom stereocenters. The number of carbonyl (C=O) groups is 1. The van der Waals surface area contributed by atoms with Crippen molar-refractivity contribution < 1.29 is 9.53 Å². The van der Waals surface area contributed by atoms with Gasteiger partial charge in [-0.15, -0.1) is 0 Å². The molecule has 0 fully saturated rings. The molecule has 0 aromatic rings. The lowest BCUT2D eigenvalue weighted by atomic mass is 10.2. The van der Waals surface area contributed by atoms with Gasteiger partial charge >= 0.3 is 5.97 Å². The zero-order chi connectivity index (χ0) is 10.7. The van der Waals surface area contributed by atoms with Gasteiger partial charge in [0.15, 0.2) is 0 Å². The Labute approximate surface area is 85.7 Å². The molecule has 1 aliphatic heterocycles. The second-order valence-corrected chi connectivity index (χ2v) is 3.74. The van der Waals surface area contributed by atoms with Crippen molar-refractivity contribution in [3.63, 3.8) is 0 Å². The number of esters is 1. The molecule has 14 heavy (non-hydrogen) atoms. The Kier molecular flexibility index (Phi) is 3.69. The van der Waals surface area contributed by atoms with E-state index < -0.39 is 0 Å². The average Bonchev–Trinajstić information content (AvgIpc) is 2.46. The molecule has 0 bridgehead atoms. The molecular weight excluding hydrogens is 178 g/mol. The van der Waals surface area contributed by atoms with Crippen molar-refractivity contribution in [1.29, 1.82) is 0 Å². The maximum Gasteiger partial charge on any atom is 0.323 e. The fourth-order valence-electron chi connectivity index (χ4n) is 1.98. The van der Waals surface area contributed by atoms with Crippen LogP contribution in [-0.4, -0.2) is 35.6 Å². The Morgan fingerprint density at radius 1 is 1.43 bits per heavy atom. The van der Waals surface area contributed by atoms with Crippen LogP contribution in [0.25, 0.3) is 0 Å². The lowest BCUT2D eigenvalue weighted by Crippen LogP contribution is -2.46. The van der Waals surface area contributed by atoms with E-state index in [0.29, 0.717) is 18.7 Å². The number of hydrogen-bond donors (Lipinski definition) is 0. The molecule has 1 rings (SSSR count). The Bertz CT molecular complexity index is 225. The fourth-order valence-corrected chi connectivity index (χ4v) is 1.98. The van der Waals surface area contributed by atoms with Crippen LogP contribution in [0.5, 0.6) is 0 Å². The predicted octanol–water partition coefficient (Wildman–Crippen LogP) is 1.59. The summed E-state index contributed by atoms with van der Waals surface area (Å²) in [6.45, 7) is 8.37. The molecule has 0 amide bonds.